The molecule has 7 heteroatoms. The Labute approximate surface area is 181 Å². The van der Waals surface area contributed by atoms with Crippen LogP contribution >= 0.6 is 0 Å². The Morgan fingerprint density at radius 1 is 0.903 bits per heavy atom. The van der Waals surface area contributed by atoms with Gasteiger partial charge in [0.2, 0.25) is 6.10 Å². The van der Waals surface area contributed by atoms with Gasteiger partial charge in [0.05, 0.1) is 10.5 Å². The van der Waals surface area contributed by atoms with Gasteiger partial charge in [-0.05, 0) is 43.7 Å². The fourth-order valence-corrected chi connectivity index (χ4v) is 3.61. The quantitative estimate of drug-likeness (QED) is 0.583. The zero-order chi connectivity index (χ0) is 22.6. The maximum Gasteiger partial charge on any atom is 0.339 e. The Balaban J connectivity index is 1.91. The second-order valence-electron chi connectivity index (χ2n) is 7.30. The zero-order valence-corrected chi connectivity index (χ0v) is 18.3. The summed E-state index contributed by atoms with van der Waals surface area (Å²) in [4.78, 5) is 25.9. The summed E-state index contributed by atoms with van der Waals surface area (Å²) >= 11 is 0. The first-order chi connectivity index (χ1) is 14.6. The van der Waals surface area contributed by atoms with Crippen molar-refractivity contribution in [2.75, 3.05) is 11.6 Å². The highest BCUT2D eigenvalue weighted by Gasteiger charge is 2.27. The van der Waals surface area contributed by atoms with Crippen molar-refractivity contribution >= 4 is 27.4 Å². The minimum atomic E-state index is -3.50. The summed E-state index contributed by atoms with van der Waals surface area (Å²) in [7, 11) is -3.50. The normalized spacial score (nSPS) is 12.1. The van der Waals surface area contributed by atoms with Crippen LogP contribution in [0.3, 0.4) is 0 Å². The van der Waals surface area contributed by atoms with Crippen LogP contribution in [0.5, 0.6) is 0 Å². The first kappa shape index (κ1) is 22.2. The van der Waals surface area contributed by atoms with E-state index in [-0.39, 0.29) is 10.5 Å². The predicted octanol–water partition coefficient (Wildman–Crippen LogP) is 4.24. The number of amides is 1. The molecule has 31 heavy (non-hydrogen) atoms. The number of benzene rings is 3. The van der Waals surface area contributed by atoms with Crippen LogP contribution in [0, 0.1) is 13.8 Å². The Morgan fingerprint density at radius 2 is 1.55 bits per heavy atom. The lowest BCUT2D eigenvalue weighted by Crippen LogP contribution is -2.26. The van der Waals surface area contributed by atoms with Gasteiger partial charge < -0.3 is 10.1 Å². The largest absolute Gasteiger partial charge is 0.444 e. The van der Waals surface area contributed by atoms with E-state index >= 15 is 0 Å². The molecule has 6 nitrogen and oxygen atoms in total. The molecule has 0 aliphatic carbocycles. The van der Waals surface area contributed by atoms with Crippen molar-refractivity contribution in [3.63, 3.8) is 0 Å². The number of esters is 1. The molecular weight excluding hydrogens is 414 g/mol. The Hall–Kier alpha value is -3.45. The number of hydrogen-bond acceptors (Lipinski definition) is 5. The Kier molecular flexibility index (Phi) is 6.56. The van der Waals surface area contributed by atoms with Gasteiger partial charge in [-0.1, -0.05) is 54.1 Å². The second-order valence-corrected chi connectivity index (χ2v) is 9.32. The van der Waals surface area contributed by atoms with Gasteiger partial charge in [-0.15, -0.1) is 0 Å². The van der Waals surface area contributed by atoms with Crippen LogP contribution in [0.15, 0.2) is 77.7 Å². The van der Waals surface area contributed by atoms with Crippen molar-refractivity contribution in [2.24, 2.45) is 0 Å². The summed E-state index contributed by atoms with van der Waals surface area (Å²) in [6, 6.07) is 20.1. The van der Waals surface area contributed by atoms with Gasteiger partial charge in [0, 0.05) is 17.5 Å². The number of hydrogen-bond donors (Lipinski definition) is 1. The maximum atomic E-state index is 13.0. The van der Waals surface area contributed by atoms with E-state index in [1.54, 1.807) is 49.4 Å². The van der Waals surface area contributed by atoms with Crippen molar-refractivity contribution in [3.05, 3.63) is 95.1 Å². The number of ether oxygens (including phenoxy) is 1. The summed E-state index contributed by atoms with van der Waals surface area (Å²) in [6.45, 7) is 3.61. The van der Waals surface area contributed by atoms with E-state index < -0.39 is 27.8 Å². The SMILES string of the molecule is Cc1ccc(NC(=O)C(OC(=O)c2cc(S(C)(=O)=O)ccc2C)c2ccccc2)cc1. The van der Waals surface area contributed by atoms with Crippen molar-refractivity contribution in [1.29, 1.82) is 0 Å². The highest BCUT2D eigenvalue weighted by Crippen LogP contribution is 2.24. The van der Waals surface area contributed by atoms with Crippen LogP contribution in [-0.4, -0.2) is 26.6 Å². The molecule has 0 radical (unpaired) electrons. The molecule has 0 spiro atoms. The molecular formula is C24H23NO5S. The van der Waals surface area contributed by atoms with Crippen molar-refractivity contribution < 1.29 is 22.7 Å². The van der Waals surface area contributed by atoms with Crippen molar-refractivity contribution in [2.45, 2.75) is 24.8 Å². The number of anilines is 1. The molecule has 0 saturated carbocycles. The first-order valence-electron chi connectivity index (χ1n) is 9.59. The maximum absolute atomic E-state index is 13.0. The van der Waals surface area contributed by atoms with Crippen molar-refractivity contribution in [3.8, 4) is 0 Å². The van der Waals surface area contributed by atoms with E-state index in [4.69, 9.17) is 4.74 Å². The minimum absolute atomic E-state index is 0.00502. The predicted molar refractivity (Wildman–Crippen MR) is 119 cm³/mol. The minimum Gasteiger partial charge on any atom is -0.444 e. The van der Waals surface area contributed by atoms with E-state index in [0.717, 1.165) is 11.8 Å². The standard InChI is InChI=1S/C24H23NO5S/c1-16-9-12-19(13-10-16)25-23(26)22(18-7-5-4-6-8-18)30-24(27)21-15-20(31(3,28)29)14-11-17(21)2/h4-15,22H,1-3H3,(H,25,26). The van der Waals surface area contributed by atoms with Crippen LogP contribution in [0.4, 0.5) is 5.69 Å². The lowest BCUT2D eigenvalue weighted by atomic mass is 10.1. The summed E-state index contributed by atoms with van der Waals surface area (Å²) in [5.41, 5.74) is 2.75. The van der Waals surface area contributed by atoms with Crippen LogP contribution in [-0.2, 0) is 19.4 Å². The fourth-order valence-electron chi connectivity index (χ4n) is 2.97. The molecule has 0 aromatic heterocycles. The molecule has 0 aliphatic heterocycles. The van der Waals surface area contributed by atoms with E-state index in [1.807, 2.05) is 19.1 Å². The van der Waals surface area contributed by atoms with Crippen LogP contribution in [0.1, 0.15) is 33.2 Å². The second kappa shape index (κ2) is 9.14. The molecule has 0 saturated heterocycles. The molecule has 1 atom stereocenters. The van der Waals surface area contributed by atoms with Crippen LogP contribution in [0.2, 0.25) is 0 Å². The van der Waals surface area contributed by atoms with Gasteiger partial charge in [-0.3, -0.25) is 4.79 Å². The molecule has 3 aromatic carbocycles. The molecule has 0 heterocycles. The molecule has 1 amide bonds. The van der Waals surface area contributed by atoms with Gasteiger partial charge in [0.15, 0.2) is 9.84 Å². The third-order valence-corrected chi connectivity index (χ3v) is 5.85. The fraction of sp³-hybridized carbons (Fsp3) is 0.167. The molecule has 1 unspecified atom stereocenters. The number of carbonyl (C=O) groups is 2. The molecule has 0 bridgehead atoms. The summed E-state index contributed by atoms with van der Waals surface area (Å²) < 4.78 is 29.3. The van der Waals surface area contributed by atoms with E-state index in [1.165, 1.54) is 18.2 Å². The lowest BCUT2D eigenvalue weighted by molar-refractivity contribution is -0.125. The van der Waals surface area contributed by atoms with Gasteiger partial charge in [-0.2, -0.15) is 0 Å². The Morgan fingerprint density at radius 3 is 2.16 bits per heavy atom. The molecule has 1 N–H and O–H groups in total. The Bertz CT molecular complexity index is 1200. The highest BCUT2D eigenvalue weighted by atomic mass is 32.2. The van der Waals surface area contributed by atoms with Crippen LogP contribution < -0.4 is 5.32 Å². The van der Waals surface area contributed by atoms with Gasteiger partial charge in [-0.25, -0.2) is 13.2 Å². The first-order valence-corrected chi connectivity index (χ1v) is 11.5. The van der Waals surface area contributed by atoms with Gasteiger partial charge in [0.1, 0.15) is 0 Å². The molecule has 160 valence electrons. The monoisotopic (exact) mass is 437 g/mol. The lowest BCUT2D eigenvalue weighted by Gasteiger charge is -2.19. The highest BCUT2D eigenvalue weighted by molar-refractivity contribution is 7.90. The number of aryl methyl sites for hydroxylation is 2. The average molecular weight is 438 g/mol. The molecule has 0 aliphatic rings. The molecule has 3 rings (SSSR count). The van der Waals surface area contributed by atoms with E-state index in [2.05, 4.69) is 5.32 Å². The van der Waals surface area contributed by atoms with Crippen LogP contribution in [0.25, 0.3) is 0 Å². The van der Waals surface area contributed by atoms with Crippen molar-refractivity contribution in [1.82, 2.24) is 0 Å². The third-order valence-electron chi connectivity index (χ3n) is 4.74. The topological polar surface area (TPSA) is 89.5 Å². The van der Waals surface area contributed by atoms with E-state index in [9.17, 15) is 18.0 Å². The molecule has 3 aromatic rings. The summed E-state index contributed by atoms with van der Waals surface area (Å²) in [5, 5.41) is 2.76. The smallest absolute Gasteiger partial charge is 0.339 e. The summed E-state index contributed by atoms with van der Waals surface area (Å²) in [5.74, 6) is -1.30. The third kappa shape index (κ3) is 5.58. The van der Waals surface area contributed by atoms with Gasteiger partial charge in [0.25, 0.3) is 5.91 Å². The number of carbonyl (C=O) groups excluding carboxylic acids is 2. The number of sulfone groups is 1. The zero-order valence-electron chi connectivity index (χ0n) is 17.5. The molecule has 0 fully saturated rings. The number of rotatable bonds is 6. The van der Waals surface area contributed by atoms with Gasteiger partial charge >= 0.3 is 5.97 Å². The average Bonchev–Trinajstić information content (AvgIpc) is 2.73. The van der Waals surface area contributed by atoms with E-state index in [0.29, 0.717) is 16.8 Å². The summed E-state index contributed by atoms with van der Waals surface area (Å²) in [6.07, 6.45) is -0.148. The number of nitrogens with one attached hydrogen (secondary N) is 1.